The second-order valence-electron chi connectivity index (χ2n) is 3.76. The third-order valence-electron chi connectivity index (χ3n) is 1.93. The van der Waals surface area contributed by atoms with E-state index in [1.54, 1.807) is 0 Å². The van der Waals surface area contributed by atoms with E-state index in [9.17, 15) is 0 Å². The third kappa shape index (κ3) is 4.52. The molecule has 0 aliphatic heterocycles. The highest BCUT2D eigenvalue weighted by atomic mass is 14.9. The summed E-state index contributed by atoms with van der Waals surface area (Å²) in [7, 11) is 2.05. The average molecular weight is 219 g/mol. The van der Waals surface area contributed by atoms with Gasteiger partial charge in [0.2, 0.25) is 0 Å². The fraction of sp³-hybridized carbons (Fsp3) is 0.467. The molecule has 0 aliphatic carbocycles. The van der Waals surface area contributed by atoms with Gasteiger partial charge in [0.05, 0.1) is 0 Å². The van der Waals surface area contributed by atoms with Gasteiger partial charge in [0.15, 0.2) is 0 Å². The van der Waals surface area contributed by atoms with Crippen LogP contribution in [-0.2, 0) is 7.05 Å². The number of nitrogens with zero attached hydrogens (tertiary/aromatic N) is 1. The van der Waals surface area contributed by atoms with Crippen molar-refractivity contribution in [2.45, 2.75) is 41.0 Å². The number of fused-ring (bicyclic) bond motifs is 1. The lowest BCUT2D eigenvalue weighted by atomic mass is 10.1. The summed E-state index contributed by atoms with van der Waals surface area (Å²) in [5, 5.41) is 2.64. The first kappa shape index (κ1) is 14.8. The van der Waals surface area contributed by atoms with Crippen molar-refractivity contribution < 1.29 is 0 Å². The lowest BCUT2D eigenvalue weighted by Crippen LogP contribution is -1.76. The van der Waals surface area contributed by atoms with E-state index in [4.69, 9.17) is 0 Å². The largest absolute Gasteiger partial charge is 0.356 e. The Balaban J connectivity index is 0.000000394. The molecule has 1 aromatic carbocycles. The molecule has 0 aliphatic rings. The van der Waals surface area contributed by atoms with Gasteiger partial charge < -0.3 is 4.57 Å². The van der Waals surface area contributed by atoms with Gasteiger partial charge in [-0.25, -0.2) is 0 Å². The van der Waals surface area contributed by atoms with Crippen molar-refractivity contribution in [2.24, 2.45) is 7.05 Å². The number of benzene rings is 1. The van der Waals surface area contributed by atoms with Crippen LogP contribution in [0.2, 0.25) is 0 Å². The molecule has 0 N–H and O–H groups in total. The van der Waals surface area contributed by atoms with Crippen molar-refractivity contribution in [1.29, 1.82) is 0 Å². The molecular formula is C15H25N. The van der Waals surface area contributed by atoms with Crippen LogP contribution in [0.4, 0.5) is 0 Å². The van der Waals surface area contributed by atoms with E-state index in [2.05, 4.69) is 63.0 Å². The Bertz CT molecular complexity index is 399. The quantitative estimate of drug-likeness (QED) is 0.592. The topological polar surface area (TPSA) is 4.93 Å². The van der Waals surface area contributed by atoms with E-state index >= 15 is 0 Å². The Morgan fingerprint density at radius 1 is 1.00 bits per heavy atom. The number of hydrogen-bond acceptors (Lipinski definition) is 0. The van der Waals surface area contributed by atoms with Crippen molar-refractivity contribution in [1.82, 2.24) is 4.57 Å². The molecule has 90 valence electrons. The smallest absolute Gasteiger partial charge is 0.0111 e. The molecule has 1 heteroatoms. The maximum atomic E-state index is 2.20. The predicted molar refractivity (Wildman–Crippen MR) is 75.0 cm³/mol. The van der Waals surface area contributed by atoms with Crippen molar-refractivity contribution in [3.8, 4) is 0 Å². The average Bonchev–Trinajstić information content (AvgIpc) is 2.61. The van der Waals surface area contributed by atoms with Crippen molar-refractivity contribution >= 4 is 10.8 Å². The van der Waals surface area contributed by atoms with Crippen LogP contribution in [0.3, 0.4) is 0 Å². The SMILES string of the molecule is CC.CCC.Cc1ccc2cn(C)cc2c1. The molecule has 0 saturated heterocycles. The summed E-state index contributed by atoms with van der Waals surface area (Å²) in [5.41, 5.74) is 1.32. The van der Waals surface area contributed by atoms with Crippen LogP contribution < -0.4 is 0 Å². The van der Waals surface area contributed by atoms with Gasteiger partial charge in [-0.05, 0) is 23.8 Å². The van der Waals surface area contributed by atoms with Crippen LogP contribution in [0.15, 0.2) is 30.6 Å². The van der Waals surface area contributed by atoms with Gasteiger partial charge in [-0.3, -0.25) is 0 Å². The van der Waals surface area contributed by atoms with Crippen LogP contribution in [0.1, 0.15) is 39.7 Å². The number of aryl methyl sites for hydroxylation is 2. The highest BCUT2D eigenvalue weighted by Crippen LogP contribution is 2.15. The Hall–Kier alpha value is -1.24. The summed E-state index contributed by atoms with van der Waals surface area (Å²) in [6, 6.07) is 6.50. The molecule has 0 unspecified atom stereocenters. The molecule has 1 nitrogen and oxygen atoms in total. The molecule has 1 aromatic heterocycles. The Morgan fingerprint density at radius 2 is 1.50 bits per heavy atom. The molecule has 16 heavy (non-hydrogen) atoms. The van der Waals surface area contributed by atoms with E-state index in [0.717, 1.165) is 0 Å². The van der Waals surface area contributed by atoms with Gasteiger partial charge >= 0.3 is 0 Å². The minimum atomic E-state index is 1.25. The molecular weight excluding hydrogens is 194 g/mol. The summed E-state index contributed by atoms with van der Waals surface area (Å²) in [4.78, 5) is 0. The Kier molecular flexibility index (Phi) is 7.36. The zero-order chi connectivity index (χ0) is 12.6. The summed E-state index contributed by atoms with van der Waals surface area (Å²) in [5.74, 6) is 0. The number of rotatable bonds is 0. The van der Waals surface area contributed by atoms with E-state index in [1.165, 1.54) is 22.8 Å². The minimum absolute atomic E-state index is 1.25. The van der Waals surface area contributed by atoms with Gasteiger partial charge in [0.25, 0.3) is 0 Å². The number of hydrogen-bond donors (Lipinski definition) is 0. The molecule has 0 saturated carbocycles. The fourth-order valence-electron chi connectivity index (χ4n) is 1.40. The Labute approximate surface area is 100 Å². The minimum Gasteiger partial charge on any atom is -0.356 e. The van der Waals surface area contributed by atoms with Crippen molar-refractivity contribution in [3.05, 3.63) is 36.2 Å². The zero-order valence-corrected chi connectivity index (χ0v) is 11.5. The Morgan fingerprint density at radius 3 is 2.06 bits per heavy atom. The van der Waals surface area contributed by atoms with Gasteiger partial charge in [-0.2, -0.15) is 0 Å². The maximum absolute atomic E-state index is 2.20. The van der Waals surface area contributed by atoms with Crippen LogP contribution in [-0.4, -0.2) is 4.57 Å². The van der Waals surface area contributed by atoms with Gasteiger partial charge in [0, 0.05) is 19.4 Å². The van der Waals surface area contributed by atoms with Crippen LogP contribution in [0, 0.1) is 6.92 Å². The zero-order valence-electron chi connectivity index (χ0n) is 11.5. The van der Waals surface area contributed by atoms with E-state index < -0.39 is 0 Å². The highest BCUT2D eigenvalue weighted by Gasteiger charge is 1.94. The second-order valence-corrected chi connectivity index (χ2v) is 3.76. The highest BCUT2D eigenvalue weighted by molar-refractivity contribution is 5.82. The second kappa shape index (κ2) is 7.98. The van der Waals surface area contributed by atoms with Gasteiger partial charge in [-0.15, -0.1) is 0 Å². The van der Waals surface area contributed by atoms with Crippen molar-refractivity contribution in [2.75, 3.05) is 0 Å². The summed E-state index contributed by atoms with van der Waals surface area (Å²) in [6.45, 7) is 10.4. The molecule has 0 radical (unpaired) electrons. The first-order valence-corrected chi connectivity index (χ1v) is 6.19. The molecule has 2 rings (SSSR count). The van der Waals surface area contributed by atoms with Crippen LogP contribution >= 0.6 is 0 Å². The predicted octanol–water partition coefficient (Wildman–Crippen LogP) is 4.93. The monoisotopic (exact) mass is 219 g/mol. The molecule has 0 fully saturated rings. The standard InChI is InChI=1S/C10H11N.C3H8.C2H6/c1-8-3-4-9-6-11(2)7-10(9)5-8;1-3-2;1-2/h3-7H,1-2H3;3H2,1-2H3;1-2H3. The summed E-state index contributed by atoms with van der Waals surface area (Å²) in [6.07, 6.45) is 5.52. The molecule has 0 amide bonds. The third-order valence-corrected chi connectivity index (χ3v) is 1.93. The maximum Gasteiger partial charge on any atom is 0.0111 e. The lowest BCUT2D eigenvalue weighted by molar-refractivity contribution is 0.933. The van der Waals surface area contributed by atoms with Crippen LogP contribution in [0.5, 0.6) is 0 Å². The normalized spacial score (nSPS) is 8.88. The molecule has 2 aromatic rings. The van der Waals surface area contributed by atoms with Gasteiger partial charge in [-0.1, -0.05) is 51.8 Å². The van der Waals surface area contributed by atoms with E-state index in [0.29, 0.717) is 0 Å². The first-order valence-electron chi connectivity index (χ1n) is 6.19. The molecule has 0 atom stereocenters. The lowest BCUT2D eigenvalue weighted by Gasteiger charge is -1.89. The number of aromatic nitrogens is 1. The van der Waals surface area contributed by atoms with E-state index in [1.807, 2.05) is 13.8 Å². The first-order chi connectivity index (χ1) is 7.67. The fourth-order valence-corrected chi connectivity index (χ4v) is 1.40. The van der Waals surface area contributed by atoms with E-state index in [-0.39, 0.29) is 0 Å². The molecule has 0 bridgehead atoms. The summed E-state index contributed by atoms with van der Waals surface area (Å²) >= 11 is 0. The molecule has 1 heterocycles. The molecule has 0 spiro atoms. The van der Waals surface area contributed by atoms with Crippen molar-refractivity contribution in [3.63, 3.8) is 0 Å². The summed E-state index contributed by atoms with van der Waals surface area (Å²) < 4.78 is 2.09. The van der Waals surface area contributed by atoms with Crippen LogP contribution in [0.25, 0.3) is 10.8 Å². The van der Waals surface area contributed by atoms with Gasteiger partial charge in [0.1, 0.15) is 0 Å².